The number of rotatable bonds is 4. The molecule has 1 aromatic rings. The number of aliphatic imine (C=N–C) groups is 1. The lowest BCUT2D eigenvalue weighted by Gasteiger charge is -2.21. The Morgan fingerprint density at radius 3 is 2.35 bits per heavy atom. The van der Waals surface area contributed by atoms with Crippen LogP contribution in [0.5, 0.6) is 0 Å². The van der Waals surface area contributed by atoms with Crippen molar-refractivity contribution in [1.82, 2.24) is 10.2 Å². The predicted octanol–water partition coefficient (Wildman–Crippen LogP) is 3.24. The first-order valence-corrected chi connectivity index (χ1v) is 8.39. The van der Waals surface area contributed by atoms with Gasteiger partial charge in [-0.2, -0.15) is 0 Å². The molecule has 0 aliphatic carbocycles. The van der Waals surface area contributed by atoms with Crippen LogP contribution in [-0.2, 0) is 6.54 Å². The second-order valence-electron chi connectivity index (χ2n) is 5.91. The fourth-order valence-corrected chi connectivity index (χ4v) is 3.02. The Hall–Kier alpha value is -1.24. The first-order chi connectivity index (χ1) is 10.9. The first-order valence-electron chi connectivity index (χ1n) is 8.39. The molecule has 1 N–H and O–H groups in total. The number of likely N-dealkylation sites (tertiary alicyclic amines) is 1. The lowest BCUT2D eigenvalue weighted by Crippen LogP contribution is -2.39. The van der Waals surface area contributed by atoms with Gasteiger partial charge in [-0.05, 0) is 37.5 Å². The predicted molar refractivity (Wildman–Crippen MR) is 109 cm³/mol. The molecule has 0 amide bonds. The zero-order valence-corrected chi connectivity index (χ0v) is 16.2. The highest BCUT2D eigenvalue weighted by molar-refractivity contribution is 14.0. The van der Waals surface area contributed by atoms with Gasteiger partial charge in [0, 0.05) is 38.4 Å². The number of nitrogens with zero attached hydrogens (tertiary/aromatic N) is 3. The van der Waals surface area contributed by atoms with Crippen molar-refractivity contribution in [3.8, 4) is 0 Å². The Balaban J connectivity index is 0.00000192. The van der Waals surface area contributed by atoms with E-state index in [1.165, 1.54) is 24.1 Å². The van der Waals surface area contributed by atoms with Gasteiger partial charge >= 0.3 is 0 Å². The average Bonchev–Trinajstić information content (AvgIpc) is 3.25. The Kier molecular flexibility index (Phi) is 7.20. The van der Waals surface area contributed by atoms with Crippen molar-refractivity contribution >= 4 is 35.6 Å². The minimum absolute atomic E-state index is 0. The van der Waals surface area contributed by atoms with Crippen LogP contribution >= 0.6 is 24.0 Å². The van der Waals surface area contributed by atoms with Crippen LogP contribution in [0.2, 0.25) is 0 Å². The smallest absolute Gasteiger partial charge is 0.194 e. The number of halogens is 1. The number of nitrogens with one attached hydrogen (secondary N) is 1. The summed E-state index contributed by atoms with van der Waals surface area (Å²) in [6, 6.07) is 8.82. The van der Waals surface area contributed by atoms with Gasteiger partial charge in [0.2, 0.25) is 0 Å². The van der Waals surface area contributed by atoms with Crippen molar-refractivity contribution < 1.29 is 0 Å². The monoisotopic (exact) mass is 426 g/mol. The summed E-state index contributed by atoms with van der Waals surface area (Å²) in [6.07, 6.45) is 7.00. The fourth-order valence-electron chi connectivity index (χ4n) is 3.02. The molecule has 4 nitrogen and oxygen atoms in total. The molecule has 126 valence electrons. The summed E-state index contributed by atoms with van der Waals surface area (Å²) in [6.45, 7) is 8.12. The Bertz CT molecular complexity index is 524. The zero-order valence-electron chi connectivity index (χ0n) is 13.9. The SMILES string of the molecule is CCNC(=NCc1ccc(N2CC=CC2)cc1)N1CCCC1.I. The summed E-state index contributed by atoms with van der Waals surface area (Å²) in [7, 11) is 0. The van der Waals surface area contributed by atoms with Crippen molar-refractivity contribution in [3.63, 3.8) is 0 Å². The van der Waals surface area contributed by atoms with E-state index >= 15 is 0 Å². The van der Waals surface area contributed by atoms with E-state index in [1.807, 2.05) is 0 Å². The van der Waals surface area contributed by atoms with E-state index in [2.05, 4.69) is 58.5 Å². The Morgan fingerprint density at radius 1 is 1.09 bits per heavy atom. The molecule has 2 heterocycles. The molecule has 2 aliphatic rings. The molecule has 0 radical (unpaired) electrons. The summed E-state index contributed by atoms with van der Waals surface area (Å²) in [5, 5.41) is 3.41. The van der Waals surface area contributed by atoms with Crippen LogP contribution in [0, 0.1) is 0 Å². The minimum atomic E-state index is 0. The largest absolute Gasteiger partial charge is 0.364 e. The number of benzene rings is 1. The topological polar surface area (TPSA) is 30.9 Å². The highest BCUT2D eigenvalue weighted by atomic mass is 127. The lowest BCUT2D eigenvalue weighted by atomic mass is 10.2. The third kappa shape index (κ3) is 4.86. The molecule has 1 fully saturated rings. The van der Waals surface area contributed by atoms with Crippen LogP contribution in [0.3, 0.4) is 0 Å². The second-order valence-corrected chi connectivity index (χ2v) is 5.91. The quantitative estimate of drug-likeness (QED) is 0.347. The van der Waals surface area contributed by atoms with Crippen molar-refractivity contribution in [2.24, 2.45) is 4.99 Å². The maximum Gasteiger partial charge on any atom is 0.194 e. The molecular formula is C18H27IN4. The van der Waals surface area contributed by atoms with Crippen LogP contribution in [0.1, 0.15) is 25.3 Å². The van der Waals surface area contributed by atoms with Gasteiger partial charge < -0.3 is 15.1 Å². The third-order valence-corrected chi connectivity index (χ3v) is 4.27. The van der Waals surface area contributed by atoms with Crippen LogP contribution in [0.4, 0.5) is 5.69 Å². The maximum atomic E-state index is 4.80. The zero-order chi connectivity index (χ0) is 15.2. The van der Waals surface area contributed by atoms with E-state index in [-0.39, 0.29) is 24.0 Å². The van der Waals surface area contributed by atoms with Gasteiger partial charge in [-0.25, -0.2) is 4.99 Å². The minimum Gasteiger partial charge on any atom is -0.364 e. The van der Waals surface area contributed by atoms with E-state index in [4.69, 9.17) is 4.99 Å². The van der Waals surface area contributed by atoms with Crippen LogP contribution in [0.25, 0.3) is 0 Å². The van der Waals surface area contributed by atoms with Gasteiger partial charge in [0.25, 0.3) is 0 Å². The summed E-state index contributed by atoms with van der Waals surface area (Å²) in [5.41, 5.74) is 2.56. The van der Waals surface area contributed by atoms with Crippen molar-refractivity contribution in [2.75, 3.05) is 37.6 Å². The van der Waals surface area contributed by atoms with Crippen LogP contribution < -0.4 is 10.2 Å². The molecule has 0 atom stereocenters. The molecule has 0 saturated carbocycles. The van der Waals surface area contributed by atoms with E-state index in [9.17, 15) is 0 Å². The lowest BCUT2D eigenvalue weighted by molar-refractivity contribution is 0.493. The molecule has 3 rings (SSSR count). The molecule has 23 heavy (non-hydrogen) atoms. The van der Waals surface area contributed by atoms with Crippen molar-refractivity contribution in [2.45, 2.75) is 26.3 Å². The van der Waals surface area contributed by atoms with E-state index < -0.39 is 0 Å². The normalized spacial score (nSPS) is 17.5. The van der Waals surface area contributed by atoms with Gasteiger partial charge in [0.15, 0.2) is 5.96 Å². The summed E-state index contributed by atoms with van der Waals surface area (Å²) in [5.74, 6) is 1.06. The van der Waals surface area contributed by atoms with E-state index in [0.29, 0.717) is 0 Å². The van der Waals surface area contributed by atoms with Crippen LogP contribution in [0.15, 0.2) is 41.4 Å². The molecule has 0 bridgehead atoms. The standard InChI is InChI=1S/C18H26N4.HI/c1-2-19-18(22-13-5-6-14-22)20-15-16-7-9-17(10-8-16)21-11-3-4-12-21;/h3-4,7-10H,2,5-6,11-15H2,1H3,(H,19,20);1H. The van der Waals surface area contributed by atoms with Crippen molar-refractivity contribution in [3.05, 3.63) is 42.0 Å². The molecular weight excluding hydrogens is 399 g/mol. The van der Waals surface area contributed by atoms with Gasteiger partial charge in [0.1, 0.15) is 0 Å². The number of anilines is 1. The van der Waals surface area contributed by atoms with Crippen molar-refractivity contribution in [1.29, 1.82) is 0 Å². The second kappa shape index (κ2) is 9.15. The molecule has 2 aliphatic heterocycles. The number of guanidine groups is 1. The summed E-state index contributed by atoms with van der Waals surface area (Å²) in [4.78, 5) is 9.53. The molecule has 5 heteroatoms. The van der Waals surface area contributed by atoms with Gasteiger partial charge in [-0.15, -0.1) is 24.0 Å². The molecule has 0 spiro atoms. The van der Waals surface area contributed by atoms with Crippen LogP contribution in [-0.4, -0.2) is 43.6 Å². The average molecular weight is 426 g/mol. The highest BCUT2D eigenvalue weighted by Crippen LogP contribution is 2.18. The molecule has 0 unspecified atom stereocenters. The van der Waals surface area contributed by atoms with Gasteiger partial charge in [0.05, 0.1) is 6.54 Å². The first kappa shape index (κ1) is 18.1. The number of hydrogen-bond acceptors (Lipinski definition) is 2. The summed E-state index contributed by atoms with van der Waals surface area (Å²) >= 11 is 0. The maximum absolute atomic E-state index is 4.80. The van der Waals surface area contributed by atoms with E-state index in [0.717, 1.165) is 45.2 Å². The van der Waals surface area contributed by atoms with Gasteiger partial charge in [-0.3, -0.25) is 0 Å². The Morgan fingerprint density at radius 2 is 1.74 bits per heavy atom. The molecule has 1 saturated heterocycles. The van der Waals surface area contributed by atoms with Gasteiger partial charge in [-0.1, -0.05) is 24.3 Å². The third-order valence-electron chi connectivity index (χ3n) is 4.27. The molecule has 0 aromatic heterocycles. The van der Waals surface area contributed by atoms with E-state index in [1.54, 1.807) is 0 Å². The molecule has 1 aromatic carbocycles. The number of hydrogen-bond donors (Lipinski definition) is 1. The Labute approximate surface area is 156 Å². The highest BCUT2D eigenvalue weighted by Gasteiger charge is 2.15. The fraction of sp³-hybridized carbons (Fsp3) is 0.500. The summed E-state index contributed by atoms with van der Waals surface area (Å²) < 4.78 is 0.